The number of hydrogen-bond donors (Lipinski definition) is 1. The van der Waals surface area contributed by atoms with Crippen molar-refractivity contribution in [2.75, 3.05) is 43.5 Å². The first kappa shape index (κ1) is 20.0. The molecule has 2 amide bonds. The Balaban J connectivity index is 1.35. The van der Waals surface area contributed by atoms with Gasteiger partial charge in [0.25, 0.3) is 0 Å². The first-order chi connectivity index (χ1) is 14.6. The van der Waals surface area contributed by atoms with E-state index in [-0.39, 0.29) is 6.03 Å². The predicted octanol–water partition coefficient (Wildman–Crippen LogP) is 4.16. The van der Waals surface area contributed by atoms with Crippen molar-refractivity contribution >= 4 is 29.1 Å². The van der Waals surface area contributed by atoms with Gasteiger partial charge in [-0.25, -0.2) is 4.79 Å². The minimum Gasteiger partial charge on any atom is -0.497 e. The van der Waals surface area contributed by atoms with Gasteiger partial charge in [-0.1, -0.05) is 35.9 Å². The van der Waals surface area contributed by atoms with Crippen LogP contribution < -0.4 is 15.0 Å². The van der Waals surface area contributed by atoms with Gasteiger partial charge in [0.05, 0.1) is 17.8 Å². The van der Waals surface area contributed by atoms with Crippen LogP contribution in [0.25, 0.3) is 11.3 Å². The quantitative estimate of drug-likeness (QED) is 0.682. The highest BCUT2D eigenvalue weighted by Crippen LogP contribution is 2.26. The number of amides is 2. The number of urea groups is 1. The molecule has 1 aromatic heterocycles. The average molecular weight is 424 g/mol. The molecule has 2 heterocycles. The summed E-state index contributed by atoms with van der Waals surface area (Å²) in [6.07, 6.45) is 0. The van der Waals surface area contributed by atoms with E-state index in [1.807, 2.05) is 54.6 Å². The number of anilines is 2. The minimum atomic E-state index is -0.122. The lowest BCUT2D eigenvalue weighted by Crippen LogP contribution is -2.50. The zero-order valence-electron chi connectivity index (χ0n) is 16.6. The van der Waals surface area contributed by atoms with Crippen LogP contribution in [-0.4, -0.2) is 54.4 Å². The van der Waals surface area contributed by atoms with Crippen molar-refractivity contribution in [2.45, 2.75) is 0 Å². The zero-order chi connectivity index (χ0) is 20.9. The van der Waals surface area contributed by atoms with Crippen molar-refractivity contribution < 1.29 is 9.53 Å². The van der Waals surface area contributed by atoms with E-state index in [9.17, 15) is 4.79 Å². The fraction of sp³-hybridized carbons (Fsp3) is 0.227. The van der Waals surface area contributed by atoms with Crippen molar-refractivity contribution in [1.29, 1.82) is 0 Å². The molecule has 0 bridgehead atoms. The third kappa shape index (κ3) is 4.46. The second-order valence-corrected chi connectivity index (χ2v) is 7.30. The Kier molecular flexibility index (Phi) is 5.99. The number of ether oxygens (including phenoxy) is 1. The van der Waals surface area contributed by atoms with E-state index in [2.05, 4.69) is 20.4 Å². The molecule has 4 rings (SSSR count). The smallest absolute Gasteiger partial charge is 0.321 e. The maximum Gasteiger partial charge on any atom is 0.321 e. The molecular formula is C22H22ClN5O2. The Morgan fingerprint density at radius 2 is 1.80 bits per heavy atom. The Morgan fingerprint density at radius 1 is 1.00 bits per heavy atom. The first-order valence-electron chi connectivity index (χ1n) is 9.67. The molecule has 1 saturated heterocycles. The molecule has 3 aromatic rings. The molecular weight excluding hydrogens is 402 g/mol. The van der Waals surface area contributed by atoms with Crippen LogP contribution in [-0.2, 0) is 0 Å². The van der Waals surface area contributed by atoms with Crippen LogP contribution in [0.1, 0.15) is 0 Å². The maximum atomic E-state index is 12.6. The molecule has 154 valence electrons. The molecule has 1 aliphatic rings. The van der Waals surface area contributed by atoms with Gasteiger partial charge >= 0.3 is 6.03 Å². The van der Waals surface area contributed by atoms with Gasteiger partial charge in [-0.3, -0.25) is 0 Å². The van der Waals surface area contributed by atoms with Crippen LogP contribution in [0.15, 0.2) is 60.7 Å². The Hall–Kier alpha value is -3.32. The highest BCUT2D eigenvalue weighted by molar-refractivity contribution is 6.33. The van der Waals surface area contributed by atoms with Gasteiger partial charge in [-0.2, -0.15) is 0 Å². The molecule has 0 atom stereocenters. The Morgan fingerprint density at radius 3 is 2.50 bits per heavy atom. The number of carbonyl (C=O) groups excluding carboxylic acids is 1. The highest BCUT2D eigenvalue weighted by atomic mass is 35.5. The molecule has 7 nitrogen and oxygen atoms in total. The van der Waals surface area contributed by atoms with Gasteiger partial charge in [0, 0.05) is 43.5 Å². The van der Waals surface area contributed by atoms with Gasteiger partial charge < -0.3 is 19.9 Å². The van der Waals surface area contributed by atoms with Crippen LogP contribution in [0.3, 0.4) is 0 Å². The number of rotatable bonds is 4. The van der Waals surface area contributed by atoms with Crippen molar-refractivity contribution in [3.05, 3.63) is 65.7 Å². The van der Waals surface area contributed by atoms with Crippen molar-refractivity contribution in [3.63, 3.8) is 0 Å². The van der Waals surface area contributed by atoms with E-state index >= 15 is 0 Å². The summed E-state index contributed by atoms with van der Waals surface area (Å²) in [5.41, 5.74) is 2.31. The summed E-state index contributed by atoms with van der Waals surface area (Å²) in [6, 6.07) is 18.6. The molecule has 0 radical (unpaired) electrons. The SMILES string of the molecule is COc1cccc(NC(=O)N2CCN(c3ccc(-c4ccccc4Cl)nn3)CC2)c1. The van der Waals surface area contributed by atoms with Gasteiger partial charge in [-0.05, 0) is 30.3 Å². The summed E-state index contributed by atoms with van der Waals surface area (Å²) in [5.74, 6) is 1.50. The molecule has 2 aromatic carbocycles. The number of aromatic nitrogens is 2. The Labute approximate surface area is 180 Å². The third-order valence-electron chi connectivity index (χ3n) is 5.01. The number of nitrogens with one attached hydrogen (secondary N) is 1. The van der Waals surface area contributed by atoms with Crippen LogP contribution in [0, 0.1) is 0 Å². The van der Waals surface area contributed by atoms with Gasteiger partial charge in [0.1, 0.15) is 5.75 Å². The molecule has 8 heteroatoms. The lowest BCUT2D eigenvalue weighted by Gasteiger charge is -2.35. The van der Waals surface area contributed by atoms with Gasteiger partial charge in [-0.15, -0.1) is 10.2 Å². The molecule has 0 aliphatic carbocycles. The minimum absolute atomic E-state index is 0.122. The number of piperazine rings is 1. The monoisotopic (exact) mass is 423 g/mol. The fourth-order valence-corrected chi connectivity index (χ4v) is 3.58. The first-order valence-corrected chi connectivity index (χ1v) is 10.1. The normalized spacial score (nSPS) is 13.8. The number of halogens is 1. The van der Waals surface area contributed by atoms with Crippen LogP contribution in [0.2, 0.25) is 5.02 Å². The predicted molar refractivity (Wildman–Crippen MR) is 118 cm³/mol. The fourth-order valence-electron chi connectivity index (χ4n) is 3.35. The summed E-state index contributed by atoms with van der Waals surface area (Å²) in [7, 11) is 1.60. The second-order valence-electron chi connectivity index (χ2n) is 6.89. The number of hydrogen-bond acceptors (Lipinski definition) is 5. The van der Waals surface area contributed by atoms with Crippen LogP contribution >= 0.6 is 11.6 Å². The van der Waals surface area contributed by atoms with E-state index in [0.717, 1.165) is 17.1 Å². The summed E-state index contributed by atoms with van der Waals surface area (Å²) >= 11 is 6.24. The lowest BCUT2D eigenvalue weighted by atomic mass is 10.1. The third-order valence-corrected chi connectivity index (χ3v) is 5.34. The Bertz CT molecular complexity index is 1020. The van der Waals surface area contributed by atoms with E-state index < -0.39 is 0 Å². The summed E-state index contributed by atoms with van der Waals surface area (Å²) < 4.78 is 5.20. The summed E-state index contributed by atoms with van der Waals surface area (Å²) in [4.78, 5) is 16.5. The topological polar surface area (TPSA) is 70.6 Å². The van der Waals surface area contributed by atoms with E-state index in [1.165, 1.54) is 0 Å². The number of methoxy groups -OCH3 is 1. The molecule has 30 heavy (non-hydrogen) atoms. The number of nitrogens with zero attached hydrogens (tertiary/aromatic N) is 4. The van der Waals surface area contributed by atoms with E-state index in [0.29, 0.717) is 42.6 Å². The molecule has 0 unspecified atom stereocenters. The number of benzene rings is 2. The van der Waals surface area contributed by atoms with Gasteiger partial charge in [0.15, 0.2) is 5.82 Å². The summed E-state index contributed by atoms with van der Waals surface area (Å²) in [6.45, 7) is 2.57. The van der Waals surface area contributed by atoms with Crippen LogP contribution in [0.5, 0.6) is 5.75 Å². The lowest BCUT2D eigenvalue weighted by molar-refractivity contribution is 0.208. The van der Waals surface area contributed by atoms with Crippen molar-refractivity contribution in [1.82, 2.24) is 15.1 Å². The van der Waals surface area contributed by atoms with E-state index in [4.69, 9.17) is 16.3 Å². The standard InChI is InChI=1S/C22H22ClN5O2/c1-30-17-6-4-5-16(15-17)24-22(29)28-13-11-27(12-14-28)21-10-9-20(25-26-21)18-7-2-3-8-19(18)23/h2-10,15H,11-14H2,1H3,(H,24,29). The average Bonchev–Trinajstić information content (AvgIpc) is 2.80. The highest BCUT2D eigenvalue weighted by Gasteiger charge is 2.22. The van der Waals surface area contributed by atoms with E-state index in [1.54, 1.807) is 18.1 Å². The second kappa shape index (κ2) is 9.00. The number of carbonyl (C=O) groups is 1. The maximum absolute atomic E-state index is 12.6. The van der Waals surface area contributed by atoms with Crippen LogP contribution in [0.4, 0.5) is 16.3 Å². The van der Waals surface area contributed by atoms with Crippen molar-refractivity contribution in [3.8, 4) is 17.0 Å². The zero-order valence-corrected chi connectivity index (χ0v) is 17.3. The van der Waals surface area contributed by atoms with Crippen molar-refractivity contribution in [2.24, 2.45) is 0 Å². The molecule has 1 fully saturated rings. The molecule has 0 saturated carbocycles. The molecule has 1 N–H and O–H groups in total. The summed E-state index contributed by atoms with van der Waals surface area (Å²) in [5, 5.41) is 12.3. The molecule has 0 spiro atoms. The van der Waals surface area contributed by atoms with Gasteiger partial charge in [0.2, 0.25) is 0 Å². The largest absolute Gasteiger partial charge is 0.497 e. The molecule has 1 aliphatic heterocycles.